The predicted molar refractivity (Wildman–Crippen MR) is 116 cm³/mol. The van der Waals surface area contributed by atoms with Crippen LogP contribution >= 0.6 is 11.8 Å². The normalized spacial score (nSPS) is 15.9. The summed E-state index contributed by atoms with van der Waals surface area (Å²) in [7, 11) is 1.57. The van der Waals surface area contributed by atoms with Gasteiger partial charge in [-0.15, -0.1) is 0 Å². The van der Waals surface area contributed by atoms with Crippen LogP contribution in [0.3, 0.4) is 0 Å². The highest BCUT2D eigenvalue weighted by Gasteiger charge is 2.34. The fourth-order valence-electron chi connectivity index (χ4n) is 2.91. The second kappa shape index (κ2) is 8.74. The lowest BCUT2D eigenvalue weighted by Crippen LogP contribution is -2.32. The minimum Gasteiger partial charge on any atom is -0.493 e. The van der Waals surface area contributed by atoms with E-state index in [1.807, 2.05) is 24.3 Å². The van der Waals surface area contributed by atoms with E-state index in [1.165, 1.54) is 10.5 Å². The van der Waals surface area contributed by atoms with Gasteiger partial charge in [0.1, 0.15) is 6.61 Å². The zero-order chi connectivity index (χ0) is 21.0. The molecule has 2 aromatic rings. The molecule has 0 atom stereocenters. The number of rotatable bonds is 6. The minimum atomic E-state index is -0.288. The molecule has 1 heterocycles. The van der Waals surface area contributed by atoms with Crippen molar-refractivity contribution < 1.29 is 19.1 Å². The van der Waals surface area contributed by atoms with Crippen molar-refractivity contribution in [3.63, 3.8) is 0 Å². The number of carbonyl (C=O) groups is 2. The summed E-state index contributed by atoms with van der Waals surface area (Å²) in [6.45, 7) is 6.84. The zero-order valence-electron chi connectivity index (χ0n) is 17.1. The highest BCUT2D eigenvalue weighted by atomic mass is 32.2. The molecule has 0 aromatic heterocycles. The van der Waals surface area contributed by atoms with E-state index in [4.69, 9.17) is 9.47 Å². The first-order valence-corrected chi connectivity index (χ1v) is 10.2. The van der Waals surface area contributed by atoms with Gasteiger partial charge in [-0.05, 0) is 46.5 Å². The highest BCUT2D eigenvalue weighted by Crippen LogP contribution is 2.33. The second-order valence-corrected chi connectivity index (χ2v) is 8.70. The lowest BCUT2D eigenvalue weighted by molar-refractivity contribution is -0.123. The number of para-hydroxylation sites is 2. The average Bonchev–Trinajstić information content (AvgIpc) is 2.95. The van der Waals surface area contributed by atoms with Crippen molar-refractivity contribution in [3.05, 3.63) is 64.6 Å². The molecule has 2 amide bonds. The maximum atomic E-state index is 12.6. The summed E-state index contributed by atoms with van der Waals surface area (Å²) in [4.78, 5) is 26.6. The van der Waals surface area contributed by atoms with Gasteiger partial charge in [0, 0.05) is 0 Å². The number of hydrogen-bond acceptors (Lipinski definition) is 5. The van der Waals surface area contributed by atoms with E-state index < -0.39 is 0 Å². The summed E-state index contributed by atoms with van der Waals surface area (Å²) in [5.41, 5.74) is 2.18. The molecule has 0 bridgehead atoms. The molecule has 0 N–H and O–H groups in total. The summed E-state index contributed by atoms with van der Waals surface area (Å²) in [6.07, 6.45) is 1.76. The Balaban J connectivity index is 1.64. The van der Waals surface area contributed by atoms with E-state index in [2.05, 4.69) is 32.9 Å². The molecule has 152 valence electrons. The van der Waals surface area contributed by atoms with Gasteiger partial charge in [-0.3, -0.25) is 14.5 Å². The summed E-state index contributed by atoms with van der Waals surface area (Å²) in [6, 6.07) is 15.3. The van der Waals surface area contributed by atoms with Gasteiger partial charge in [0.05, 0.1) is 18.6 Å². The van der Waals surface area contributed by atoms with E-state index in [0.717, 1.165) is 17.3 Å². The third-order valence-electron chi connectivity index (χ3n) is 4.59. The first-order valence-electron chi connectivity index (χ1n) is 9.41. The van der Waals surface area contributed by atoms with Crippen LogP contribution in [0.5, 0.6) is 11.5 Å². The Morgan fingerprint density at radius 1 is 1.00 bits per heavy atom. The lowest BCUT2D eigenvalue weighted by atomic mass is 9.87. The van der Waals surface area contributed by atoms with Gasteiger partial charge < -0.3 is 9.47 Å². The monoisotopic (exact) mass is 411 g/mol. The summed E-state index contributed by atoms with van der Waals surface area (Å²) >= 11 is 0.959. The van der Waals surface area contributed by atoms with E-state index in [-0.39, 0.29) is 29.7 Å². The maximum absolute atomic E-state index is 12.6. The van der Waals surface area contributed by atoms with Crippen molar-refractivity contribution in [1.29, 1.82) is 0 Å². The van der Waals surface area contributed by atoms with Gasteiger partial charge >= 0.3 is 0 Å². The van der Waals surface area contributed by atoms with Crippen LogP contribution in [0.15, 0.2) is 53.4 Å². The van der Waals surface area contributed by atoms with Crippen LogP contribution < -0.4 is 9.47 Å². The molecule has 3 rings (SSSR count). The van der Waals surface area contributed by atoms with Crippen LogP contribution in [-0.4, -0.2) is 36.3 Å². The summed E-state index contributed by atoms with van der Waals surface area (Å²) in [5, 5.41) is -0.281. The number of imide groups is 1. The molecule has 1 aliphatic heterocycles. The van der Waals surface area contributed by atoms with Crippen LogP contribution in [0.4, 0.5) is 4.79 Å². The lowest BCUT2D eigenvalue weighted by Gasteiger charge is -2.18. The number of benzene rings is 2. The van der Waals surface area contributed by atoms with Crippen molar-refractivity contribution in [2.45, 2.75) is 26.2 Å². The Bertz CT molecular complexity index is 929. The molecule has 1 fully saturated rings. The highest BCUT2D eigenvalue weighted by molar-refractivity contribution is 8.18. The van der Waals surface area contributed by atoms with E-state index in [9.17, 15) is 9.59 Å². The average molecular weight is 412 g/mol. The molecule has 0 saturated carbocycles. The van der Waals surface area contributed by atoms with Crippen molar-refractivity contribution >= 4 is 29.0 Å². The molecule has 5 nitrogen and oxygen atoms in total. The van der Waals surface area contributed by atoms with Gasteiger partial charge in [0.25, 0.3) is 11.1 Å². The maximum Gasteiger partial charge on any atom is 0.293 e. The third-order valence-corrected chi connectivity index (χ3v) is 5.50. The molecule has 0 aliphatic carbocycles. The predicted octanol–water partition coefficient (Wildman–Crippen LogP) is 5.11. The Morgan fingerprint density at radius 2 is 1.66 bits per heavy atom. The van der Waals surface area contributed by atoms with Gasteiger partial charge in [-0.25, -0.2) is 0 Å². The fourth-order valence-corrected chi connectivity index (χ4v) is 3.77. The summed E-state index contributed by atoms with van der Waals surface area (Å²) in [5.74, 6) is 0.903. The van der Waals surface area contributed by atoms with E-state index >= 15 is 0 Å². The third kappa shape index (κ3) is 5.01. The van der Waals surface area contributed by atoms with Crippen molar-refractivity contribution in [2.24, 2.45) is 0 Å². The molecular formula is C23H25NO4S. The number of methoxy groups -OCH3 is 1. The molecule has 0 spiro atoms. The first-order chi connectivity index (χ1) is 13.8. The van der Waals surface area contributed by atoms with E-state index in [0.29, 0.717) is 16.4 Å². The number of hydrogen-bond donors (Lipinski definition) is 0. The van der Waals surface area contributed by atoms with Gasteiger partial charge in [-0.1, -0.05) is 57.2 Å². The Morgan fingerprint density at radius 3 is 2.28 bits per heavy atom. The Labute approximate surface area is 175 Å². The Hall–Kier alpha value is -2.73. The number of amides is 2. The molecule has 1 saturated heterocycles. The molecule has 29 heavy (non-hydrogen) atoms. The molecular weight excluding hydrogens is 386 g/mol. The zero-order valence-corrected chi connectivity index (χ0v) is 17.9. The quantitative estimate of drug-likeness (QED) is 0.619. The molecule has 0 radical (unpaired) electrons. The molecule has 6 heteroatoms. The van der Waals surface area contributed by atoms with Crippen LogP contribution in [0, 0.1) is 0 Å². The number of ether oxygens (including phenoxy) is 2. The number of nitrogens with zero attached hydrogens (tertiary/aromatic N) is 1. The SMILES string of the molecule is COc1ccccc1OCCN1C(=O)S/C(=C\c2ccc(C(C)(C)C)cc2)C1=O. The smallest absolute Gasteiger partial charge is 0.293 e. The minimum absolute atomic E-state index is 0.0673. The molecule has 2 aromatic carbocycles. The summed E-state index contributed by atoms with van der Waals surface area (Å²) < 4.78 is 10.9. The van der Waals surface area contributed by atoms with Crippen LogP contribution in [0.25, 0.3) is 6.08 Å². The van der Waals surface area contributed by atoms with Crippen molar-refractivity contribution in [2.75, 3.05) is 20.3 Å². The van der Waals surface area contributed by atoms with Crippen molar-refractivity contribution in [1.82, 2.24) is 4.90 Å². The van der Waals surface area contributed by atoms with Crippen LogP contribution in [0.2, 0.25) is 0 Å². The van der Waals surface area contributed by atoms with Gasteiger partial charge in [0.2, 0.25) is 0 Å². The van der Waals surface area contributed by atoms with Gasteiger partial charge in [-0.2, -0.15) is 0 Å². The topological polar surface area (TPSA) is 55.8 Å². The molecule has 0 unspecified atom stereocenters. The second-order valence-electron chi connectivity index (χ2n) is 7.70. The fraction of sp³-hybridized carbons (Fsp3) is 0.304. The Kier molecular flexibility index (Phi) is 6.33. The van der Waals surface area contributed by atoms with Crippen LogP contribution in [0.1, 0.15) is 31.9 Å². The number of thioether (sulfide) groups is 1. The largest absolute Gasteiger partial charge is 0.493 e. The van der Waals surface area contributed by atoms with Crippen molar-refractivity contribution in [3.8, 4) is 11.5 Å². The van der Waals surface area contributed by atoms with Gasteiger partial charge in [0.15, 0.2) is 11.5 Å². The number of carbonyl (C=O) groups excluding carboxylic acids is 2. The first kappa shape index (κ1) is 21.0. The van der Waals surface area contributed by atoms with E-state index in [1.54, 1.807) is 25.3 Å². The molecule has 1 aliphatic rings. The van der Waals surface area contributed by atoms with Crippen LogP contribution in [-0.2, 0) is 10.2 Å². The standard InChI is InChI=1S/C23H25NO4S/c1-23(2,3)17-11-9-16(10-12-17)15-20-21(25)24(22(26)29-20)13-14-28-19-8-6-5-7-18(19)27-4/h5-12,15H,13-14H2,1-4H3/b20-15-.